The van der Waals surface area contributed by atoms with Crippen LogP contribution in [0.25, 0.3) is 0 Å². The van der Waals surface area contributed by atoms with Crippen LogP contribution in [0.3, 0.4) is 0 Å². The minimum atomic E-state index is -0.552. The van der Waals surface area contributed by atoms with Gasteiger partial charge in [-0.2, -0.15) is 0 Å². The third kappa shape index (κ3) is 4.74. The monoisotopic (exact) mass is 282 g/mol. The molecule has 116 valence electrons. The Morgan fingerprint density at radius 3 is 2.75 bits per heavy atom. The van der Waals surface area contributed by atoms with Crippen molar-refractivity contribution in [3.63, 3.8) is 0 Å². The number of nitrogens with one attached hydrogen (secondary N) is 1. The van der Waals surface area contributed by atoms with Gasteiger partial charge in [-0.1, -0.05) is 19.8 Å². The van der Waals surface area contributed by atoms with Gasteiger partial charge in [0.05, 0.1) is 12.1 Å². The van der Waals surface area contributed by atoms with Crippen LogP contribution in [-0.2, 0) is 4.79 Å². The van der Waals surface area contributed by atoms with Crippen LogP contribution in [-0.4, -0.2) is 47.2 Å². The first-order valence-electron chi connectivity index (χ1n) is 8.20. The predicted molar refractivity (Wildman–Crippen MR) is 80.5 cm³/mol. The minimum absolute atomic E-state index is 0.158. The smallest absolute Gasteiger partial charge is 0.234 e. The number of nitrogens with zero attached hydrogens (tertiary/aromatic N) is 1. The SMILES string of the molecule is CC1CCCCC1NC(=O)CN1CCCC(C)(O)CC1. The molecule has 3 unspecified atom stereocenters. The van der Waals surface area contributed by atoms with Crippen LogP contribution in [0, 0.1) is 5.92 Å². The fraction of sp³-hybridized carbons (Fsp3) is 0.938. The second-order valence-corrected chi connectivity index (χ2v) is 7.06. The van der Waals surface area contributed by atoms with E-state index in [2.05, 4.69) is 17.1 Å². The van der Waals surface area contributed by atoms with Gasteiger partial charge in [-0.05, 0) is 51.5 Å². The Morgan fingerprint density at radius 1 is 1.25 bits per heavy atom. The van der Waals surface area contributed by atoms with Gasteiger partial charge < -0.3 is 10.4 Å². The molecule has 1 saturated carbocycles. The molecule has 2 fully saturated rings. The van der Waals surface area contributed by atoms with E-state index in [4.69, 9.17) is 0 Å². The largest absolute Gasteiger partial charge is 0.390 e. The second-order valence-electron chi connectivity index (χ2n) is 7.06. The average molecular weight is 282 g/mol. The predicted octanol–water partition coefficient (Wildman–Crippen LogP) is 1.92. The Hall–Kier alpha value is -0.610. The fourth-order valence-electron chi connectivity index (χ4n) is 3.46. The third-order valence-corrected chi connectivity index (χ3v) is 4.98. The van der Waals surface area contributed by atoms with Crippen LogP contribution in [0.4, 0.5) is 0 Å². The number of likely N-dealkylation sites (tertiary alicyclic amines) is 1. The molecule has 3 atom stereocenters. The molecular formula is C16H30N2O2. The first-order valence-corrected chi connectivity index (χ1v) is 8.20. The van der Waals surface area contributed by atoms with Crippen LogP contribution in [0.2, 0.25) is 0 Å². The molecule has 1 heterocycles. The quantitative estimate of drug-likeness (QED) is 0.831. The number of rotatable bonds is 3. The van der Waals surface area contributed by atoms with Gasteiger partial charge in [0.2, 0.25) is 5.91 Å². The van der Waals surface area contributed by atoms with E-state index in [0.717, 1.165) is 38.8 Å². The van der Waals surface area contributed by atoms with Crippen molar-refractivity contribution in [2.45, 2.75) is 70.4 Å². The molecule has 1 aliphatic carbocycles. The Labute approximate surface area is 122 Å². The van der Waals surface area contributed by atoms with Crippen LogP contribution in [0.15, 0.2) is 0 Å². The van der Waals surface area contributed by atoms with E-state index in [0.29, 0.717) is 18.5 Å². The highest BCUT2D eigenvalue weighted by molar-refractivity contribution is 5.78. The van der Waals surface area contributed by atoms with E-state index in [1.807, 2.05) is 6.92 Å². The van der Waals surface area contributed by atoms with E-state index in [1.54, 1.807) is 0 Å². The van der Waals surface area contributed by atoms with Gasteiger partial charge in [-0.15, -0.1) is 0 Å². The summed E-state index contributed by atoms with van der Waals surface area (Å²) >= 11 is 0. The summed E-state index contributed by atoms with van der Waals surface area (Å²) in [7, 11) is 0. The maximum atomic E-state index is 12.2. The first-order chi connectivity index (χ1) is 9.46. The van der Waals surface area contributed by atoms with Gasteiger partial charge in [0.25, 0.3) is 0 Å². The van der Waals surface area contributed by atoms with E-state index >= 15 is 0 Å². The summed E-state index contributed by atoms with van der Waals surface area (Å²) in [6.07, 6.45) is 7.47. The molecule has 1 amide bonds. The zero-order valence-electron chi connectivity index (χ0n) is 13.0. The van der Waals surface area contributed by atoms with Crippen molar-refractivity contribution in [2.75, 3.05) is 19.6 Å². The maximum absolute atomic E-state index is 12.2. The summed E-state index contributed by atoms with van der Waals surface area (Å²) in [5.41, 5.74) is -0.552. The number of hydrogen-bond acceptors (Lipinski definition) is 3. The lowest BCUT2D eigenvalue weighted by molar-refractivity contribution is -0.123. The van der Waals surface area contributed by atoms with E-state index in [-0.39, 0.29) is 5.91 Å². The van der Waals surface area contributed by atoms with Gasteiger partial charge in [0.1, 0.15) is 0 Å². The third-order valence-electron chi connectivity index (χ3n) is 4.98. The molecule has 2 rings (SSSR count). The van der Waals surface area contributed by atoms with Crippen molar-refractivity contribution in [1.82, 2.24) is 10.2 Å². The van der Waals surface area contributed by atoms with Crippen molar-refractivity contribution >= 4 is 5.91 Å². The molecule has 1 saturated heterocycles. The van der Waals surface area contributed by atoms with Crippen molar-refractivity contribution < 1.29 is 9.90 Å². The van der Waals surface area contributed by atoms with Crippen LogP contribution < -0.4 is 5.32 Å². The fourth-order valence-corrected chi connectivity index (χ4v) is 3.46. The zero-order chi connectivity index (χ0) is 14.6. The van der Waals surface area contributed by atoms with Gasteiger partial charge in [0.15, 0.2) is 0 Å². The van der Waals surface area contributed by atoms with E-state index in [9.17, 15) is 9.90 Å². The molecule has 0 aromatic rings. The Bertz CT molecular complexity index is 330. The summed E-state index contributed by atoms with van der Waals surface area (Å²) in [4.78, 5) is 14.4. The van der Waals surface area contributed by atoms with Gasteiger partial charge in [0, 0.05) is 12.6 Å². The van der Waals surface area contributed by atoms with Crippen molar-refractivity contribution in [1.29, 1.82) is 0 Å². The highest BCUT2D eigenvalue weighted by atomic mass is 16.3. The molecular weight excluding hydrogens is 252 g/mol. The number of carbonyl (C=O) groups excluding carboxylic acids is 1. The maximum Gasteiger partial charge on any atom is 0.234 e. The average Bonchev–Trinajstić information content (AvgIpc) is 2.54. The number of aliphatic hydroxyl groups is 1. The van der Waals surface area contributed by atoms with E-state index < -0.39 is 5.60 Å². The standard InChI is InChI=1S/C16H30N2O2/c1-13-6-3-4-7-14(13)17-15(19)12-18-10-5-8-16(2,20)9-11-18/h13-14,20H,3-12H2,1-2H3,(H,17,19). The molecule has 0 aromatic heterocycles. The zero-order valence-corrected chi connectivity index (χ0v) is 13.0. The molecule has 2 N–H and O–H groups in total. The number of amides is 1. The summed E-state index contributed by atoms with van der Waals surface area (Å²) in [6.45, 7) is 6.37. The first kappa shape index (κ1) is 15.8. The molecule has 0 radical (unpaired) electrons. The van der Waals surface area contributed by atoms with Gasteiger partial charge >= 0.3 is 0 Å². The highest BCUT2D eigenvalue weighted by Crippen LogP contribution is 2.24. The highest BCUT2D eigenvalue weighted by Gasteiger charge is 2.27. The van der Waals surface area contributed by atoms with Crippen molar-refractivity contribution in [3.8, 4) is 0 Å². The summed E-state index contributed by atoms with van der Waals surface area (Å²) in [5.74, 6) is 0.767. The summed E-state index contributed by atoms with van der Waals surface area (Å²) in [6, 6.07) is 0.367. The number of carbonyl (C=O) groups is 1. The topological polar surface area (TPSA) is 52.6 Å². The molecule has 20 heavy (non-hydrogen) atoms. The van der Waals surface area contributed by atoms with Crippen LogP contribution in [0.1, 0.15) is 58.8 Å². The molecule has 2 aliphatic rings. The second kappa shape index (κ2) is 6.90. The molecule has 4 nitrogen and oxygen atoms in total. The Kier molecular flexibility index (Phi) is 5.44. The lowest BCUT2D eigenvalue weighted by Crippen LogP contribution is -2.46. The van der Waals surface area contributed by atoms with Crippen molar-refractivity contribution in [3.05, 3.63) is 0 Å². The van der Waals surface area contributed by atoms with Crippen molar-refractivity contribution in [2.24, 2.45) is 5.92 Å². The lowest BCUT2D eigenvalue weighted by atomic mass is 9.86. The molecule has 4 heteroatoms. The Balaban J connectivity index is 1.76. The number of hydrogen-bond donors (Lipinski definition) is 2. The van der Waals surface area contributed by atoms with Crippen LogP contribution in [0.5, 0.6) is 0 Å². The minimum Gasteiger partial charge on any atom is -0.390 e. The summed E-state index contributed by atoms with van der Waals surface area (Å²) < 4.78 is 0. The van der Waals surface area contributed by atoms with Gasteiger partial charge in [-0.3, -0.25) is 9.69 Å². The molecule has 1 aliphatic heterocycles. The molecule has 0 spiro atoms. The molecule has 0 bridgehead atoms. The normalized spacial score (nSPS) is 36.4. The van der Waals surface area contributed by atoms with E-state index in [1.165, 1.54) is 19.3 Å². The lowest BCUT2D eigenvalue weighted by Gasteiger charge is -2.30. The summed E-state index contributed by atoms with van der Waals surface area (Å²) in [5, 5.41) is 13.3. The molecule has 0 aromatic carbocycles. The van der Waals surface area contributed by atoms with Gasteiger partial charge in [-0.25, -0.2) is 0 Å². The Morgan fingerprint density at radius 2 is 2.00 bits per heavy atom. The van der Waals surface area contributed by atoms with Crippen LogP contribution >= 0.6 is 0 Å².